The van der Waals surface area contributed by atoms with Crippen LogP contribution in [0, 0.1) is 5.92 Å². The zero-order valence-corrected chi connectivity index (χ0v) is 14.5. The summed E-state index contributed by atoms with van der Waals surface area (Å²) in [5, 5.41) is 2.07. The molecule has 1 aromatic heterocycles. The third-order valence-corrected chi connectivity index (χ3v) is 6.36. The van der Waals surface area contributed by atoms with Gasteiger partial charge < -0.3 is 4.90 Å². The number of piperidine rings is 1. The highest BCUT2D eigenvalue weighted by molar-refractivity contribution is 7.86. The second kappa shape index (κ2) is 6.86. The smallest absolute Gasteiger partial charge is 0.302 e. The zero-order valence-electron chi connectivity index (χ0n) is 12.9. The molecular formula is C15H21FN2O3S2. The molecule has 2 saturated heterocycles. The lowest BCUT2D eigenvalue weighted by molar-refractivity contribution is -0.130. The summed E-state index contributed by atoms with van der Waals surface area (Å²) in [5.41, 5.74) is 0. The van der Waals surface area contributed by atoms with Crippen molar-refractivity contribution < 1.29 is 17.1 Å². The van der Waals surface area contributed by atoms with Gasteiger partial charge in [-0.15, -0.1) is 15.2 Å². The molecule has 5 nitrogen and oxygen atoms in total. The second-order valence-electron chi connectivity index (χ2n) is 6.41. The Morgan fingerprint density at radius 1 is 1.30 bits per heavy atom. The van der Waals surface area contributed by atoms with Crippen molar-refractivity contribution >= 4 is 27.5 Å². The largest absolute Gasteiger partial charge is 0.339 e. The van der Waals surface area contributed by atoms with Crippen molar-refractivity contribution in [2.45, 2.75) is 31.8 Å². The maximum atomic E-state index is 12.8. The number of nitrogens with zero attached hydrogens (tertiary/aromatic N) is 2. The topological polar surface area (TPSA) is 57.7 Å². The van der Waals surface area contributed by atoms with Gasteiger partial charge in [0.15, 0.2) is 0 Å². The van der Waals surface area contributed by atoms with Crippen LogP contribution >= 0.6 is 11.3 Å². The third-order valence-electron chi connectivity index (χ3n) is 4.63. The Bertz CT molecular complexity index is 640. The van der Waals surface area contributed by atoms with Gasteiger partial charge in [-0.2, -0.15) is 8.42 Å². The summed E-state index contributed by atoms with van der Waals surface area (Å²) in [5.74, 6) is -0.969. The van der Waals surface area contributed by atoms with Crippen LogP contribution in [0.25, 0.3) is 0 Å². The van der Waals surface area contributed by atoms with Crippen LogP contribution in [-0.2, 0) is 21.6 Å². The molecule has 2 fully saturated rings. The average Bonchev–Trinajstić information content (AvgIpc) is 3.08. The third kappa shape index (κ3) is 4.51. The van der Waals surface area contributed by atoms with Crippen LogP contribution in [0.3, 0.4) is 0 Å². The summed E-state index contributed by atoms with van der Waals surface area (Å²) in [6.07, 6.45) is 1.94. The first-order valence-electron chi connectivity index (χ1n) is 7.87. The van der Waals surface area contributed by atoms with E-state index in [4.69, 9.17) is 0 Å². The molecule has 128 valence electrons. The van der Waals surface area contributed by atoms with Gasteiger partial charge in [-0.05, 0) is 24.3 Å². The number of thiophene rings is 1. The van der Waals surface area contributed by atoms with Crippen LogP contribution in [0.5, 0.6) is 0 Å². The van der Waals surface area contributed by atoms with Gasteiger partial charge in [-0.1, -0.05) is 6.07 Å². The van der Waals surface area contributed by atoms with Crippen molar-refractivity contribution in [3.8, 4) is 0 Å². The molecule has 3 rings (SSSR count). The van der Waals surface area contributed by atoms with Gasteiger partial charge in [0.25, 0.3) is 0 Å². The molecule has 0 N–H and O–H groups in total. The van der Waals surface area contributed by atoms with Crippen LogP contribution < -0.4 is 0 Å². The second-order valence-corrected chi connectivity index (χ2v) is 8.85. The Kier molecular flexibility index (Phi) is 5.03. The normalized spacial score (nSPS) is 24.5. The molecule has 0 bridgehead atoms. The van der Waals surface area contributed by atoms with E-state index in [9.17, 15) is 17.1 Å². The number of likely N-dealkylation sites (tertiary alicyclic amines) is 2. The van der Waals surface area contributed by atoms with Gasteiger partial charge in [-0.25, -0.2) is 0 Å². The Morgan fingerprint density at radius 2 is 2.04 bits per heavy atom. The van der Waals surface area contributed by atoms with Crippen molar-refractivity contribution in [1.82, 2.24) is 9.80 Å². The lowest BCUT2D eigenvalue weighted by atomic mass is 10.0. The van der Waals surface area contributed by atoms with E-state index in [0.717, 1.165) is 32.5 Å². The maximum Gasteiger partial charge on any atom is 0.302 e. The summed E-state index contributed by atoms with van der Waals surface area (Å²) in [4.78, 5) is 17.6. The Hall–Kier alpha value is -0.990. The number of halogens is 1. The molecule has 0 radical (unpaired) electrons. The van der Waals surface area contributed by atoms with Crippen molar-refractivity contribution in [2.75, 3.05) is 25.4 Å². The van der Waals surface area contributed by atoms with E-state index in [1.807, 2.05) is 0 Å². The molecule has 0 saturated carbocycles. The maximum absolute atomic E-state index is 12.8. The van der Waals surface area contributed by atoms with Gasteiger partial charge in [0, 0.05) is 49.4 Å². The summed E-state index contributed by atoms with van der Waals surface area (Å²) in [6.45, 7) is 3.18. The van der Waals surface area contributed by atoms with Crippen molar-refractivity contribution in [2.24, 2.45) is 5.92 Å². The molecule has 0 aromatic carbocycles. The minimum absolute atomic E-state index is 0.0321. The van der Waals surface area contributed by atoms with Crippen LogP contribution in [0.2, 0.25) is 0 Å². The highest BCUT2D eigenvalue weighted by atomic mass is 32.3. The van der Waals surface area contributed by atoms with Crippen molar-refractivity contribution in [3.05, 3.63) is 22.4 Å². The molecule has 2 aliphatic rings. The monoisotopic (exact) mass is 360 g/mol. The molecular weight excluding hydrogens is 339 g/mol. The molecule has 1 aromatic rings. The Morgan fingerprint density at radius 3 is 2.65 bits per heavy atom. The molecule has 0 aliphatic carbocycles. The van der Waals surface area contributed by atoms with Crippen LogP contribution in [0.15, 0.2) is 17.5 Å². The Labute approximate surface area is 140 Å². The van der Waals surface area contributed by atoms with E-state index in [1.165, 1.54) is 4.88 Å². The number of carbonyl (C=O) groups is 1. The van der Waals surface area contributed by atoms with E-state index < -0.39 is 21.9 Å². The summed E-state index contributed by atoms with van der Waals surface area (Å²) < 4.78 is 34.3. The summed E-state index contributed by atoms with van der Waals surface area (Å²) in [7, 11) is -4.51. The van der Waals surface area contributed by atoms with Gasteiger partial charge in [0.05, 0.1) is 5.75 Å². The number of carbonyl (C=O) groups excluding carboxylic acids is 1. The van der Waals surface area contributed by atoms with Crippen LogP contribution in [0.4, 0.5) is 3.89 Å². The van der Waals surface area contributed by atoms with Crippen LogP contribution in [0.1, 0.15) is 24.1 Å². The summed E-state index contributed by atoms with van der Waals surface area (Å²) >= 11 is 1.75. The highest BCUT2D eigenvalue weighted by Crippen LogP contribution is 2.27. The van der Waals surface area contributed by atoms with Gasteiger partial charge in [0.2, 0.25) is 5.91 Å². The van der Waals surface area contributed by atoms with Crippen LogP contribution in [-0.4, -0.2) is 55.6 Å². The molecule has 8 heteroatoms. The fourth-order valence-corrected chi connectivity index (χ4v) is 5.10. The van der Waals surface area contributed by atoms with E-state index >= 15 is 0 Å². The average molecular weight is 360 g/mol. The van der Waals surface area contributed by atoms with Gasteiger partial charge in [-0.3, -0.25) is 9.69 Å². The molecule has 0 spiro atoms. The zero-order chi connectivity index (χ0) is 16.4. The number of rotatable bonds is 5. The lowest BCUT2D eigenvalue weighted by Crippen LogP contribution is -2.45. The first-order chi connectivity index (χ1) is 10.9. The highest BCUT2D eigenvalue weighted by Gasteiger charge is 2.37. The molecule has 1 amide bonds. The minimum Gasteiger partial charge on any atom is -0.339 e. The van der Waals surface area contributed by atoms with Gasteiger partial charge in [0.1, 0.15) is 0 Å². The quantitative estimate of drug-likeness (QED) is 0.752. The van der Waals surface area contributed by atoms with Crippen molar-refractivity contribution in [3.63, 3.8) is 0 Å². The van der Waals surface area contributed by atoms with E-state index in [-0.39, 0.29) is 18.4 Å². The molecule has 1 atom stereocenters. The Balaban J connectivity index is 1.50. The number of hydrogen-bond donors (Lipinski definition) is 0. The number of hydrogen-bond acceptors (Lipinski definition) is 5. The van der Waals surface area contributed by atoms with Crippen molar-refractivity contribution in [1.29, 1.82) is 0 Å². The first kappa shape index (κ1) is 16.9. The predicted molar refractivity (Wildman–Crippen MR) is 87.3 cm³/mol. The fraction of sp³-hybridized carbons (Fsp3) is 0.667. The fourth-order valence-electron chi connectivity index (χ4n) is 3.57. The van der Waals surface area contributed by atoms with Gasteiger partial charge >= 0.3 is 10.2 Å². The van der Waals surface area contributed by atoms with E-state index in [1.54, 1.807) is 16.2 Å². The predicted octanol–water partition coefficient (Wildman–Crippen LogP) is 1.86. The standard InChI is InChI=1S/C15H21FN2O3S2/c16-23(20,21)11-12-8-15(19)18(9-12)13-3-5-17(6-4-13)10-14-2-1-7-22-14/h1-2,7,12-13H,3-6,8-11H2. The summed E-state index contributed by atoms with van der Waals surface area (Å²) in [6, 6.07) is 4.34. The minimum atomic E-state index is -4.51. The molecule has 1 unspecified atom stereocenters. The molecule has 23 heavy (non-hydrogen) atoms. The molecule has 3 heterocycles. The lowest BCUT2D eigenvalue weighted by Gasteiger charge is -2.36. The SMILES string of the molecule is O=C1CC(CS(=O)(=O)F)CN1C1CCN(Cc2cccs2)CC1. The van der Waals surface area contributed by atoms with E-state index in [2.05, 4.69) is 22.4 Å². The first-order valence-corrected chi connectivity index (χ1v) is 10.3. The number of amides is 1. The van der Waals surface area contributed by atoms with E-state index in [0.29, 0.717) is 6.54 Å². The molecule has 2 aliphatic heterocycles.